The topological polar surface area (TPSA) is 96.0 Å². The minimum Gasteiger partial charge on any atom is -0.459 e. The van der Waals surface area contributed by atoms with Gasteiger partial charge in [0, 0.05) is 12.2 Å². The molecule has 6 atom stereocenters. The van der Waals surface area contributed by atoms with Crippen molar-refractivity contribution in [2.75, 3.05) is 6.61 Å². The van der Waals surface area contributed by atoms with Gasteiger partial charge in [0.25, 0.3) is 0 Å². The largest absolute Gasteiger partial charge is 0.459 e. The number of esters is 4. The van der Waals surface area contributed by atoms with E-state index in [1.165, 1.54) is 19.3 Å². The fourth-order valence-electron chi connectivity index (χ4n) is 6.50. The van der Waals surface area contributed by atoms with Crippen LogP contribution in [0.1, 0.15) is 64.7 Å². The third-order valence-corrected chi connectivity index (χ3v) is 8.57. The van der Waals surface area contributed by atoms with E-state index in [0.29, 0.717) is 24.2 Å². The first-order valence-corrected chi connectivity index (χ1v) is 13.7. The molecule has 0 N–H and O–H groups in total. The molecule has 3 fully saturated rings. The first kappa shape index (κ1) is 29.1. The zero-order valence-corrected chi connectivity index (χ0v) is 22.0. The van der Waals surface area contributed by atoms with Crippen molar-refractivity contribution < 1.29 is 46.6 Å². The summed E-state index contributed by atoms with van der Waals surface area (Å²) in [6.45, 7) is 0.683. The van der Waals surface area contributed by atoms with Crippen molar-refractivity contribution in [3.63, 3.8) is 0 Å². The zero-order valence-electron chi connectivity index (χ0n) is 22.0. The summed E-state index contributed by atoms with van der Waals surface area (Å²) in [5, 5.41) is 0. The van der Waals surface area contributed by atoms with Crippen LogP contribution in [-0.2, 0) is 33.4 Å². The molecule has 0 saturated heterocycles. The molecule has 0 spiro atoms. The van der Waals surface area contributed by atoms with Gasteiger partial charge in [-0.3, -0.25) is 9.59 Å². The van der Waals surface area contributed by atoms with E-state index >= 15 is 0 Å². The number of carbonyl (C=O) groups is 4. The summed E-state index contributed by atoms with van der Waals surface area (Å²) >= 11 is 0. The summed E-state index contributed by atoms with van der Waals surface area (Å²) in [6, 6.07) is 0. The van der Waals surface area contributed by atoms with Crippen LogP contribution < -0.4 is 0 Å². The Morgan fingerprint density at radius 2 is 1.38 bits per heavy atom. The van der Waals surface area contributed by atoms with Gasteiger partial charge in [0.2, 0.25) is 0 Å². The molecule has 39 heavy (non-hydrogen) atoms. The van der Waals surface area contributed by atoms with Gasteiger partial charge in [-0.05, 0) is 81.5 Å². The van der Waals surface area contributed by atoms with Crippen molar-refractivity contribution in [1.82, 2.24) is 0 Å². The number of carbonyl (C=O) groups excluding carboxylic acids is 4. The molecule has 214 valence electrons. The van der Waals surface area contributed by atoms with E-state index in [-0.39, 0.29) is 29.3 Å². The Balaban J connectivity index is 0.000000147. The van der Waals surface area contributed by atoms with Gasteiger partial charge >= 0.3 is 30.1 Å². The highest BCUT2D eigenvalue weighted by Crippen LogP contribution is 2.46. The Bertz CT molecular complexity index is 1020. The number of alkyl halides is 3. The van der Waals surface area contributed by atoms with E-state index in [0.717, 1.165) is 44.3 Å². The molecule has 4 bridgehead atoms. The number of rotatable bonds is 5. The minimum atomic E-state index is -4.43. The Morgan fingerprint density at radius 3 is 1.74 bits per heavy atom. The van der Waals surface area contributed by atoms with Crippen molar-refractivity contribution in [3.8, 4) is 0 Å². The van der Waals surface area contributed by atoms with E-state index in [1.807, 2.05) is 12.2 Å². The van der Waals surface area contributed by atoms with Gasteiger partial charge in [-0.2, -0.15) is 13.2 Å². The maximum Gasteiger partial charge on any atom is 0.422 e. The molecule has 0 aromatic carbocycles. The van der Waals surface area contributed by atoms with Gasteiger partial charge in [0.15, 0.2) is 6.61 Å². The van der Waals surface area contributed by atoms with Crippen LogP contribution in [0.4, 0.5) is 13.2 Å². The Kier molecular flexibility index (Phi) is 9.01. The summed E-state index contributed by atoms with van der Waals surface area (Å²) in [5.74, 6) is -0.392. The second-order valence-electron chi connectivity index (χ2n) is 11.2. The van der Waals surface area contributed by atoms with Crippen LogP contribution >= 0.6 is 0 Å². The van der Waals surface area contributed by atoms with E-state index < -0.39 is 30.7 Å². The van der Waals surface area contributed by atoms with Crippen LogP contribution in [0.3, 0.4) is 0 Å². The normalized spacial score (nSPS) is 32.4. The second-order valence-corrected chi connectivity index (χ2v) is 11.2. The predicted molar refractivity (Wildman–Crippen MR) is 133 cm³/mol. The summed E-state index contributed by atoms with van der Waals surface area (Å²) in [4.78, 5) is 43.5. The SMILES string of the molecule is CCC1(OC(=O)C2CC3C=CC2C3)CCCC1.O=C(OCC(F)(F)F)C1CC2C=CC1C2.O=C1C=CC(=O)O1. The molecule has 1 aliphatic heterocycles. The van der Waals surface area contributed by atoms with E-state index in [9.17, 15) is 32.3 Å². The quantitative estimate of drug-likeness (QED) is 0.195. The van der Waals surface area contributed by atoms with Gasteiger partial charge in [0.05, 0.1) is 11.8 Å². The smallest absolute Gasteiger partial charge is 0.422 e. The Morgan fingerprint density at radius 1 is 0.872 bits per heavy atom. The van der Waals surface area contributed by atoms with Crippen molar-refractivity contribution in [2.45, 2.75) is 76.5 Å². The van der Waals surface area contributed by atoms with Crippen LogP contribution in [0, 0.1) is 35.5 Å². The number of hydrogen-bond acceptors (Lipinski definition) is 7. The molecule has 1 heterocycles. The summed E-state index contributed by atoms with van der Waals surface area (Å²) < 4.78 is 49.5. The third-order valence-electron chi connectivity index (χ3n) is 8.57. The lowest BCUT2D eigenvalue weighted by Crippen LogP contribution is -2.35. The molecule has 0 aromatic rings. The van der Waals surface area contributed by atoms with Crippen LogP contribution in [0.15, 0.2) is 36.5 Å². The predicted octanol–water partition coefficient (Wildman–Crippen LogP) is 5.39. The van der Waals surface area contributed by atoms with Crippen LogP contribution in [0.5, 0.6) is 0 Å². The third kappa shape index (κ3) is 7.60. The fourth-order valence-corrected chi connectivity index (χ4v) is 6.50. The number of cyclic esters (lactones) is 2. The average molecular weight is 553 g/mol. The summed E-state index contributed by atoms with van der Waals surface area (Å²) in [6.07, 6.45) is 15.5. The van der Waals surface area contributed by atoms with Gasteiger partial charge in [-0.25, -0.2) is 9.59 Å². The van der Waals surface area contributed by atoms with Gasteiger partial charge in [0.1, 0.15) is 5.60 Å². The molecule has 6 rings (SSSR count). The number of allylic oxidation sites excluding steroid dienone is 4. The lowest BCUT2D eigenvalue weighted by atomic mass is 9.92. The van der Waals surface area contributed by atoms with E-state index in [1.54, 1.807) is 0 Å². The molecule has 0 aromatic heterocycles. The van der Waals surface area contributed by atoms with Crippen molar-refractivity contribution in [3.05, 3.63) is 36.5 Å². The van der Waals surface area contributed by atoms with E-state index in [2.05, 4.69) is 28.5 Å². The number of ether oxygens (including phenoxy) is 3. The van der Waals surface area contributed by atoms with E-state index in [4.69, 9.17) is 4.74 Å². The molecule has 0 radical (unpaired) electrons. The Hall–Kier alpha value is -2.91. The second kappa shape index (κ2) is 12.1. The highest BCUT2D eigenvalue weighted by Gasteiger charge is 2.45. The maximum atomic E-state index is 12.3. The minimum absolute atomic E-state index is 0.0885. The molecule has 10 heteroatoms. The van der Waals surface area contributed by atoms with Gasteiger partial charge < -0.3 is 14.2 Å². The first-order valence-electron chi connectivity index (χ1n) is 13.7. The van der Waals surface area contributed by atoms with Crippen LogP contribution in [-0.4, -0.2) is 42.3 Å². The summed E-state index contributed by atoms with van der Waals surface area (Å²) in [5.41, 5.74) is -0.109. The standard InChI is InChI=1S/C15H22O2.C10H11F3O2.C4H2O3/c1-2-15(7-3-4-8-15)17-14(16)13-10-11-5-6-12(13)9-11;11-10(12,13)5-15-9(14)8-4-6-1-2-7(8)3-6;5-3-1-2-4(6)7-3/h5-6,11-13H,2-4,7-10H2,1H3;1-2,6-8H,3-5H2;1-2H. The highest BCUT2D eigenvalue weighted by molar-refractivity contribution is 6.04. The molecule has 6 unspecified atom stereocenters. The van der Waals surface area contributed by atoms with Crippen LogP contribution in [0.25, 0.3) is 0 Å². The molecule has 7 nitrogen and oxygen atoms in total. The lowest BCUT2D eigenvalue weighted by Gasteiger charge is -2.30. The fraction of sp³-hybridized carbons (Fsp3) is 0.655. The maximum absolute atomic E-state index is 12.3. The molecule has 0 amide bonds. The number of hydrogen-bond donors (Lipinski definition) is 0. The summed E-state index contributed by atoms with van der Waals surface area (Å²) in [7, 11) is 0. The molecule has 5 aliphatic carbocycles. The molecular formula is C29H35F3O7. The zero-order chi connectivity index (χ0) is 28.2. The molecular weight excluding hydrogens is 517 g/mol. The first-order chi connectivity index (χ1) is 18.5. The highest BCUT2D eigenvalue weighted by atomic mass is 19.4. The Labute approximate surface area is 225 Å². The monoisotopic (exact) mass is 552 g/mol. The number of fused-ring (bicyclic) bond motifs is 4. The van der Waals surface area contributed by atoms with Crippen LogP contribution in [0.2, 0.25) is 0 Å². The van der Waals surface area contributed by atoms with Crippen molar-refractivity contribution >= 4 is 23.9 Å². The van der Waals surface area contributed by atoms with Gasteiger partial charge in [-0.1, -0.05) is 31.2 Å². The van der Waals surface area contributed by atoms with Crippen molar-refractivity contribution in [2.24, 2.45) is 35.5 Å². The number of halogens is 3. The molecule has 6 aliphatic rings. The molecule has 3 saturated carbocycles. The average Bonchev–Trinajstić information content (AvgIpc) is 3.73. The van der Waals surface area contributed by atoms with Gasteiger partial charge in [-0.15, -0.1) is 0 Å². The lowest BCUT2D eigenvalue weighted by molar-refractivity contribution is -0.189. The van der Waals surface area contributed by atoms with Crippen molar-refractivity contribution in [1.29, 1.82) is 0 Å².